The summed E-state index contributed by atoms with van der Waals surface area (Å²) < 4.78 is 10.8. The third kappa shape index (κ3) is 2.97. The molecule has 1 aliphatic heterocycles. The van der Waals surface area contributed by atoms with E-state index in [2.05, 4.69) is 10.3 Å². The molecule has 0 saturated heterocycles. The first-order valence-electron chi connectivity index (χ1n) is 6.79. The topological polar surface area (TPSA) is 60.5 Å². The summed E-state index contributed by atoms with van der Waals surface area (Å²) in [4.78, 5) is 16.1. The van der Waals surface area contributed by atoms with Crippen LogP contribution in [0.1, 0.15) is 15.9 Å². The van der Waals surface area contributed by atoms with Crippen molar-refractivity contribution in [1.29, 1.82) is 0 Å². The van der Waals surface area contributed by atoms with Crippen LogP contribution in [-0.4, -0.2) is 30.6 Å². The normalized spacial score (nSPS) is 16.0. The number of aromatic nitrogens is 1. The Labute approximate surface area is 122 Å². The van der Waals surface area contributed by atoms with Gasteiger partial charge in [-0.3, -0.25) is 4.79 Å². The highest BCUT2D eigenvalue weighted by atomic mass is 16.5. The van der Waals surface area contributed by atoms with Crippen LogP contribution in [-0.2, 0) is 6.42 Å². The number of ether oxygens (including phenoxy) is 2. The highest BCUT2D eigenvalue weighted by Crippen LogP contribution is 2.27. The van der Waals surface area contributed by atoms with Crippen molar-refractivity contribution in [2.24, 2.45) is 0 Å². The van der Waals surface area contributed by atoms with Crippen molar-refractivity contribution in [1.82, 2.24) is 10.3 Å². The van der Waals surface area contributed by atoms with Gasteiger partial charge in [0.25, 0.3) is 5.91 Å². The van der Waals surface area contributed by atoms with Crippen molar-refractivity contribution in [3.63, 3.8) is 0 Å². The van der Waals surface area contributed by atoms with E-state index in [-0.39, 0.29) is 12.0 Å². The molecule has 108 valence electrons. The Kier molecular flexibility index (Phi) is 3.73. The second-order valence-electron chi connectivity index (χ2n) is 4.85. The monoisotopic (exact) mass is 284 g/mol. The molecule has 0 bridgehead atoms. The van der Waals surface area contributed by atoms with Crippen molar-refractivity contribution in [3.05, 3.63) is 53.7 Å². The SMILES string of the molecule is COc1cc(C(=O)NC[C@H]2Cc3ccccc3O2)ccn1. The molecule has 1 amide bonds. The van der Waals surface area contributed by atoms with E-state index in [9.17, 15) is 4.79 Å². The molecule has 21 heavy (non-hydrogen) atoms. The Bertz CT molecular complexity index is 632. The molecule has 5 heteroatoms. The molecular weight excluding hydrogens is 268 g/mol. The van der Waals surface area contributed by atoms with Crippen molar-refractivity contribution < 1.29 is 14.3 Å². The molecule has 0 saturated carbocycles. The second-order valence-corrected chi connectivity index (χ2v) is 4.85. The van der Waals surface area contributed by atoms with Crippen LogP contribution in [0.4, 0.5) is 0 Å². The number of nitrogens with zero attached hydrogens (tertiary/aromatic N) is 1. The van der Waals surface area contributed by atoms with Crippen LogP contribution in [0.5, 0.6) is 11.6 Å². The molecule has 1 N–H and O–H groups in total. The zero-order chi connectivity index (χ0) is 14.7. The summed E-state index contributed by atoms with van der Waals surface area (Å²) in [5.74, 6) is 1.17. The number of para-hydroxylation sites is 1. The van der Waals surface area contributed by atoms with Crippen LogP contribution < -0.4 is 14.8 Å². The van der Waals surface area contributed by atoms with E-state index in [4.69, 9.17) is 9.47 Å². The standard InChI is InChI=1S/C16H16N2O3/c1-20-15-9-12(6-7-17-15)16(19)18-10-13-8-11-4-2-3-5-14(11)21-13/h2-7,9,13H,8,10H2,1H3,(H,18,19)/t13-/m1/s1. The minimum absolute atomic E-state index is 0.0184. The molecular formula is C16H16N2O3. The number of carbonyl (C=O) groups excluding carboxylic acids is 1. The number of rotatable bonds is 4. The highest BCUT2D eigenvalue weighted by molar-refractivity contribution is 5.94. The van der Waals surface area contributed by atoms with Crippen LogP contribution in [0.2, 0.25) is 0 Å². The lowest BCUT2D eigenvalue weighted by Crippen LogP contribution is -2.34. The van der Waals surface area contributed by atoms with Crippen molar-refractivity contribution in [3.8, 4) is 11.6 Å². The molecule has 0 spiro atoms. The van der Waals surface area contributed by atoms with Gasteiger partial charge < -0.3 is 14.8 Å². The van der Waals surface area contributed by atoms with Gasteiger partial charge in [-0.15, -0.1) is 0 Å². The maximum Gasteiger partial charge on any atom is 0.251 e. The van der Waals surface area contributed by atoms with Crippen LogP contribution in [0, 0.1) is 0 Å². The summed E-state index contributed by atoms with van der Waals surface area (Å²) >= 11 is 0. The lowest BCUT2D eigenvalue weighted by molar-refractivity contribution is 0.0933. The molecule has 1 atom stereocenters. The second kappa shape index (κ2) is 5.83. The average Bonchev–Trinajstić information content (AvgIpc) is 2.95. The Morgan fingerprint density at radius 3 is 3.10 bits per heavy atom. The Morgan fingerprint density at radius 2 is 2.29 bits per heavy atom. The number of hydrogen-bond donors (Lipinski definition) is 1. The van der Waals surface area contributed by atoms with Gasteiger partial charge in [0.15, 0.2) is 0 Å². The number of carbonyl (C=O) groups is 1. The van der Waals surface area contributed by atoms with E-state index >= 15 is 0 Å². The predicted octanol–water partition coefficient (Wildman–Crippen LogP) is 1.82. The summed E-state index contributed by atoms with van der Waals surface area (Å²) in [6.45, 7) is 0.470. The quantitative estimate of drug-likeness (QED) is 0.930. The number of pyridine rings is 1. The molecule has 1 aromatic carbocycles. The Hall–Kier alpha value is -2.56. The summed E-state index contributed by atoms with van der Waals surface area (Å²) in [6, 6.07) is 11.2. The summed E-state index contributed by atoms with van der Waals surface area (Å²) in [5, 5.41) is 2.88. The van der Waals surface area contributed by atoms with Gasteiger partial charge in [-0.1, -0.05) is 18.2 Å². The van der Waals surface area contributed by atoms with Crippen molar-refractivity contribution in [2.75, 3.05) is 13.7 Å². The third-order valence-electron chi connectivity index (χ3n) is 3.41. The summed E-state index contributed by atoms with van der Waals surface area (Å²) in [7, 11) is 1.52. The smallest absolute Gasteiger partial charge is 0.251 e. The largest absolute Gasteiger partial charge is 0.488 e. The van der Waals surface area contributed by atoms with Gasteiger partial charge in [0, 0.05) is 24.2 Å². The zero-order valence-corrected chi connectivity index (χ0v) is 11.7. The zero-order valence-electron chi connectivity index (χ0n) is 11.7. The van der Waals surface area contributed by atoms with Crippen molar-refractivity contribution in [2.45, 2.75) is 12.5 Å². The van der Waals surface area contributed by atoms with E-state index in [1.807, 2.05) is 24.3 Å². The van der Waals surface area contributed by atoms with Crippen molar-refractivity contribution >= 4 is 5.91 Å². The number of benzene rings is 1. The number of fused-ring (bicyclic) bond motifs is 1. The molecule has 2 aromatic rings. The maximum atomic E-state index is 12.1. The fourth-order valence-electron chi connectivity index (χ4n) is 2.34. The maximum absolute atomic E-state index is 12.1. The van der Waals surface area contributed by atoms with Gasteiger partial charge in [0.05, 0.1) is 13.7 Å². The lowest BCUT2D eigenvalue weighted by atomic mass is 10.1. The van der Waals surface area contributed by atoms with Crippen LogP contribution >= 0.6 is 0 Å². The van der Waals surface area contributed by atoms with Gasteiger partial charge in [0.2, 0.25) is 5.88 Å². The first-order chi connectivity index (χ1) is 10.3. The van der Waals surface area contributed by atoms with E-state index in [0.717, 1.165) is 12.2 Å². The predicted molar refractivity (Wildman–Crippen MR) is 77.7 cm³/mol. The molecule has 0 fully saturated rings. The highest BCUT2D eigenvalue weighted by Gasteiger charge is 2.22. The summed E-state index contributed by atoms with van der Waals surface area (Å²) in [5.41, 5.74) is 1.71. The minimum Gasteiger partial charge on any atom is -0.488 e. The van der Waals surface area contributed by atoms with E-state index in [1.165, 1.54) is 12.7 Å². The number of hydrogen-bond acceptors (Lipinski definition) is 4. The van der Waals surface area contributed by atoms with E-state index < -0.39 is 0 Å². The van der Waals surface area contributed by atoms with Gasteiger partial charge in [-0.25, -0.2) is 4.98 Å². The minimum atomic E-state index is -0.157. The third-order valence-corrected chi connectivity index (χ3v) is 3.41. The fourth-order valence-corrected chi connectivity index (χ4v) is 2.34. The first kappa shape index (κ1) is 13.4. The van der Waals surface area contributed by atoms with Gasteiger partial charge >= 0.3 is 0 Å². The number of amides is 1. The summed E-state index contributed by atoms with van der Waals surface area (Å²) in [6.07, 6.45) is 2.35. The van der Waals surface area contributed by atoms with Gasteiger partial charge in [0.1, 0.15) is 11.9 Å². The van der Waals surface area contributed by atoms with Crippen LogP contribution in [0.3, 0.4) is 0 Å². The molecule has 3 rings (SSSR count). The van der Waals surface area contributed by atoms with Gasteiger partial charge in [-0.2, -0.15) is 0 Å². The number of nitrogens with one attached hydrogen (secondary N) is 1. The fraction of sp³-hybridized carbons (Fsp3) is 0.250. The molecule has 1 aliphatic rings. The molecule has 0 unspecified atom stereocenters. The van der Waals surface area contributed by atoms with E-state index in [1.54, 1.807) is 18.3 Å². The molecule has 0 radical (unpaired) electrons. The lowest BCUT2D eigenvalue weighted by Gasteiger charge is -2.12. The van der Waals surface area contributed by atoms with Crippen LogP contribution in [0.15, 0.2) is 42.6 Å². The van der Waals surface area contributed by atoms with Crippen LogP contribution in [0.25, 0.3) is 0 Å². The Morgan fingerprint density at radius 1 is 1.43 bits per heavy atom. The van der Waals surface area contributed by atoms with Gasteiger partial charge in [-0.05, 0) is 17.7 Å². The number of methoxy groups -OCH3 is 1. The van der Waals surface area contributed by atoms with E-state index in [0.29, 0.717) is 18.0 Å². The molecule has 2 heterocycles. The Balaban J connectivity index is 1.57. The first-order valence-corrected chi connectivity index (χ1v) is 6.79. The molecule has 5 nitrogen and oxygen atoms in total. The average molecular weight is 284 g/mol. The molecule has 0 aliphatic carbocycles. The molecule has 1 aromatic heterocycles.